The highest BCUT2D eigenvalue weighted by Gasteiger charge is 2.14. The number of nitrogens with one attached hydrogen (secondary N) is 2. The third-order valence-corrected chi connectivity index (χ3v) is 5.87. The van der Waals surface area contributed by atoms with E-state index >= 15 is 0 Å². The van der Waals surface area contributed by atoms with Gasteiger partial charge >= 0.3 is 0 Å². The van der Waals surface area contributed by atoms with Gasteiger partial charge in [0, 0.05) is 44.1 Å². The average Bonchev–Trinajstić information content (AvgIpc) is 2.93. The Labute approximate surface area is 225 Å². The van der Waals surface area contributed by atoms with Crippen molar-refractivity contribution in [2.24, 2.45) is 5.10 Å². The molecule has 2 amide bonds. The number of hydrogen-bond donors (Lipinski definition) is 2. The van der Waals surface area contributed by atoms with Gasteiger partial charge in [0.25, 0.3) is 11.8 Å². The molecule has 0 radical (unpaired) electrons. The molecule has 2 N–H and O–H groups in total. The average molecular weight is 512 g/mol. The fourth-order valence-corrected chi connectivity index (χ4v) is 3.88. The molecule has 0 aliphatic heterocycles. The van der Waals surface area contributed by atoms with E-state index in [2.05, 4.69) is 46.7 Å². The number of anilines is 2. The molecule has 3 aromatic rings. The van der Waals surface area contributed by atoms with Crippen LogP contribution in [0.2, 0.25) is 0 Å². The molecule has 198 valence electrons. The van der Waals surface area contributed by atoms with Gasteiger partial charge in [-0.2, -0.15) is 5.10 Å². The molecular formula is C31H37N5O2. The van der Waals surface area contributed by atoms with Crippen LogP contribution in [0.3, 0.4) is 0 Å². The number of hydrazone groups is 1. The number of benzene rings is 3. The van der Waals surface area contributed by atoms with Gasteiger partial charge in [0.15, 0.2) is 0 Å². The molecule has 0 aromatic heterocycles. The zero-order valence-corrected chi connectivity index (χ0v) is 22.6. The van der Waals surface area contributed by atoms with Crippen molar-refractivity contribution in [1.82, 2.24) is 10.7 Å². The van der Waals surface area contributed by atoms with E-state index in [1.54, 1.807) is 36.6 Å². The number of amides is 2. The summed E-state index contributed by atoms with van der Waals surface area (Å²) in [4.78, 5) is 30.2. The van der Waals surface area contributed by atoms with E-state index in [1.807, 2.05) is 61.5 Å². The minimum atomic E-state index is -0.518. The van der Waals surface area contributed by atoms with Crippen LogP contribution in [0.15, 0.2) is 89.7 Å². The molecule has 0 fully saturated rings. The van der Waals surface area contributed by atoms with E-state index in [4.69, 9.17) is 0 Å². The van der Waals surface area contributed by atoms with Gasteiger partial charge in [0.2, 0.25) is 0 Å². The maximum absolute atomic E-state index is 13.0. The molecule has 0 bridgehead atoms. The number of hydrogen-bond acceptors (Lipinski definition) is 5. The predicted octanol–water partition coefficient (Wildman–Crippen LogP) is 5.30. The maximum Gasteiger partial charge on any atom is 0.287 e. The normalized spacial score (nSPS) is 11.3. The Morgan fingerprint density at radius 3 is 1.95 bits per heavy atom. The molecule has 3 aromatic carbocycles. The lowest BCUT2D eigenvalue weighted by atomic mass is 10.1. The first-order chi connectivity index (χ1) is 18.4. The zero-order chi connectivity index (χ0) is 27.3. The van der Waals surface area contributed by atoms with Crippen molar-refractivity contribution in [3.05, 3.63) is 101 Å². The van der Waals surface area contributed by atoms with Crippen molar-refractivity contribution >= 4 is 35.5 Å². The lowest BCUT2D eigenvalue weighted by Crippen LogP contribution is -2.32. The summed E-state index contributed by atoms with van der Waals surface area (Å²) in [6, 6.07) is 24.5. The SMILES string of the molecule is CCCN(CCC)c1ccc(/C=N\NC(=O)/C(=C/c2ccc(N(C)C)cc2)NC(=O)c2ccccc2)cc1. The van der Waals surface area contributed by atoms with Crippen LogP contribution in [0.1, 0.15) is 48.2 Å². The molecule has 0 aliphatic rings. The van der Waals surface area contributed by atoms with Crippen LogP contribution in [0, 0.1) is 0 Å². The molecule has 0 atom stereocenters. The van der Waals surface area contributed by atoms with Gasteiger partial charge < -0.3 is 15.1 Å². The van der Waals surface area contributed by atoms with E-state index in [-0.39, 0.29) is 11.6 Å². The second-order valence-electron chi connectivity index (χ2n) is 9.14. The zero-order valence-electron chi connectivity index (χ0n) is 22.6. The molecule has 3 rings (SSSR count). The van der Waals surface area contributed by atoms with Gasteiger partial charge in [-0.25, -0.2) is 5.43 Å². The molecule has 7 nitrogen and oxygen atoms in total. The minimum absolute atomic E-state index is 0.0960. The molecule has 0 spiro atoms. The van der Waals surface area contributed by atoms with Crippen LogP contribution in [0.25, 0.3) is 6.08 Å². The van der Waals surface area contributed by atoms with Crippen LogP contribution >= 0.6 is 0 Å². The number of nitrogens with zero attached hydrogens (tertiary/aromatic N) is 3. The van der Waals surface area contributed by atoms with Gasteiger partial charge in [-0.05, 0) is 66.4 Å². The van der Waals surface area contributed by atoms with Gasteiger partial charge in [0.1, 0.15) is 5.70 Å². The van der Waals surface area contributed by atoms with Gasteiger partial charge in [-0.3, -0.25) is 9.59 Å². The van der Waals surface area contributed by atoms with Gasteiger partial charge in [-0.15, -0.1) is 0 Å². The Kier molecular flexibility index (Phi) is 10.7. The Hall–Kier alpha value is -4.39. The molecule has 38 heavy (non-hydrogen) atoms. The largest absolute Gasteiger partial charge is 0.378 e. The summed E-state index contributed by atoms with van der Waals surface area (Å²) in [6.45, 7) is 6.38. The van der Waals surface area contributed by atoms with E-state index in [0.717, 1.165) is 42.7 Å². The van der Waals surface area contributed by atoms with Crippen molar-refractivity contribution < 1.29 is 9.59 Å². The molecule has 0 aliphatic carbocycles. The van der Waals surface area contributed by atoms with E-state index in [9.17, 15) is 9.59 Å². The van der Waals surface area contributed by atoms with Crippen molar-refractivity contribution in [2.45, 2.75) is 26.7 Å². The first kappa shape index (κ1) is 28.2. The van der Waals surface area contributed by atoms with E-state index in [1.165, 1.54) is 5.69 Å². The Morgan fingerprint density at radius 2 is 1.37 bits per heavy atom. The van der Waals surface area contributed by atoms with Crippen molar-refractivity contribution in [1.29, 1.82) is 0 Å². The first-order valence-electron chi connectivity index (χ1n) is 12.9. The van der Waals surface area contributed by atoms with Crippen LogP contribution in [0.4, 0.5) is 11.4 Å². The van der Waals surface area contributed by atoms with Crippen molar-refractivity contribution in [2.75, 3.05) is 37.0 Å². The summed E-state index contributed by atoms with van der Waals surface area (Å²) in [5.74, 6) is -0.893. The summed E-state index contributed by atoms with van der Waals surface area (Å²) in [5, 5.41) is 6.86. The van der Waals surface area contributed by atoms with Crippen LogP contribution in [0.5, 0.6) is 0 Å². The monoisotopic (exact) mass is 511 g/mol. The summed E-state index contributed by atoms with van der Waals surface area (Å²) in [6.07, 6.45) is 5.40. The topological polar surface area (TPSA) is 77.0 Å². The maximum atomic E-state index is 13.0. The fraction of sp³-hybridized carbons (Fsp3) is 0.258. The molecule has 7 heteroatoms. The van der Waals surface area contributed by atoms with Crippen molar-refractivity contribution in [3.63, 3.8) is 0 Å². The standard InChI is InChI=1S/C31H37N5O2/c1-5-20-36(21-6-2)28-18-14-25(15-19-28)23-32-34-31(38)29(33-30(37)26-10-8-7-9-11-26)22-24-12-16-27(17-13-24)35(3)4/h7-19,22-23H,5-6,20-21H2,1-4H3,(H,33,37)(H,34,38)/b29-22-,32-23-. The third kappa shape index (κ3) is 8.34. The highest BCUT2D eigenvalue weighted by Crippen LogP contribution is 2.16. The van der Waals surface area contributed by atoms with Crippen molar-refractivity contribution in [3.8, 4) is 0 Å². The quantitative estimate of drug-likeness (QED) is 0.197. The van der Waals surface area contributed by atoms with Crippen LogP contribution < -0.4 is 20.5 Å². The highest BCUT2D eigenvalue weighted by molar-refractivity contribution is 6.05. The number of carbonyl (C=O) groups is 2. The molecule has 0 saturated heterocycles. The second-order valence-corrected chi connectivity index (χ2v) is 9.14. The van der Waals surface area contributed by atoms with Crippen LogP contribution in [-0.2, 0) is 4.79 Å². The second kappa shape index (κ2) is 14.4. The predicted molar refractivity (Wildman–Crippen MR) is 158 cm³/mol. The Bertz CT molecular complexity index is 1230. The van der Waals surface area contributed by atoms with E-state index in [0.29, 0.717) is 5.56 Å². The lowest BCUT2D eigenvalue weighted by molar-refractivity contribution is -0.117. The Morgan fingerprint density at radius 1 is 0.789 bits per heavy atom. The summed E-state index contributed by atoms with van der Waals surface area (Å²) in [7, 11) is 3.92. The molecular weight excluding hydrogens is 474 g/mol. The number of rotatable bonds is 12. The lowest BCUT2D eigenvalue weighted by Gasteiger charge is -2.23. The van der Waals surface area contributed by atoms with Crippen LogP contribution in [-0.4, -0.2) is 45.2 Å². The summed E-state index contributed by atoms with van der Waals surface area (Å²) in [5.41, 5.74) is 6.94. The summed E-state index contributed by atoms with van der Waals surface area (Å²) >= 11 is 0. The molecule has 0 saturated carbocycles. The van der Waals surface area contributed by atoms with E-state index < -0.39 is 5.91 Å². The van der Waals surface area contributed by atoms with Gasteiger partial charge in [-0.1, -0.05) is 56.3 Å². The molecule has 0 heterocycles. The minimum Gasteiger partial charge on any atom is -0.378 e. The number of carbonyl (C=O) groups excluding carboxylic acids is 2. The molecule has 0 unspecified atom stereocenters. The summed E-state index contributed by atoms with van der Waals surface area (Å²) < 4.78 is 0. The Balaban J connectivity index is 1.74. The fourth-order valence-electron chi connectivity index (χ4n) is 3.88. The first-order valence-corrected chi connectivity index (χ1v) is 12.9. The third-order valence-electron chi connectivity index (χ3n) is 5.87. The highest BCUT2D eigenvalue weighted by atomic mass is 16.2. The smallest absolute Gasteiger partial charge is 0.287 e. The van der Waals surface area contributed by atoms with Gasteiger partial charge in [0.05, 0.1) is 6.21 Å².